The van der Waals surface area contributed by atoms with Crippen LogP contribution in [-0.2, 0) is 4.79 Å². The maximum atomic E-state index is 12.9. The van der Waals surface area contributed by atoms with Gasteiger partial charge in [-0.15, -0.1) is 0 Å². The van der Waals surface area contributed by atoms with Gasteiger partial charge in [0.15, 0.2) is 5.78 Å². The van der Waals surface area contributed by atoms with Gasteiger partial charge in [-0.25, -0.2) is 4.99 Å². The molecular weight excluding hydrogens is 354 g/mol. The van der Waals surface area contributed by atoms with E-state index in [1.165, 1.54) is 0 Å². The molecule has 2 aromatic rings. The van der Waals surface area contributed by atoms with Gasteiger partial charge in [0.1, 0.15) is 5.84 Å². The number of carbonyl (C=O) groups is 1. The molecule has 5 heteroatoms. The van der Waals surface area contributed by atoms with Crippen LogP contribution in [0.15, 0.2) is 86.4 Å². The second kappa shape index (κ2) is 6.43. The number of ketones is 1. The van der Waals surface area contributed by atoms with E-state index < -0.39 is 0 Å². The number of hydrogen-bond donors (Lipinski definition) is 2. The molecule has 0 saturated carbocycles. The van der Waals surface area contributed by atoms with E-state index in [2.05, 4.69) is 34.6 Å². The molecule has 1 aliphatic carbocycles. The number of nitrogens with two attached hydrogens (primary N) is 1. The summed E-state index contributed by atoms with van der Waals surface area (Å²) in [6, 6.07) is 18.3. The first-order chi connectivity index (χ1) is 13.2. The molecule has 3 aliphatic rings. The lowest BCUT2D eigenvalue weighted by atomic mass is 9.76. The summed E-state index contributed by atoms with van der Waals surface area (Å²) in [7, 11) is 0. The maximum Gasteiger partial charge on any atom is 0.161 e. The highest BCUT2D eigenvalue weighted by Gasteiger charge is 2.38. The standard InChI is InChI=1S/C22H19N3OS/c23-21-20(22-25-14-9-4-5-12-17(14)27-22)18(13-7-2-1-3-8-13)19-15(24-21)10-6-11-16(19)26/h1-5,7-9,12,18,25H,6,10-11H2,(H2,23,24)/b22-20-. The molecule has 0 amide bonds. The van der Waals surface area contributed by atoms with E-state index in [4.69, 9.17) is 5.73 Å². The largest absolute Gasteiger partial charge is 0.383 e. The summed E-state index contributed by atoms with van der Waals surface area (Å²) in [5, 5.41) is 4.46. The molecule has 1 unspecified atom stereocenters. The SMILES string of the molecule is NC1=NC2=C(C(=O)CCC2)C(c2ccccc2)/C1=C1\Nc2ccccc2S1. The molecule has 0 spiro atoms. The third-order valence-corrected chi connectivity index (χ3v) is 6.36. The lowest BCUT2D eigenvalue weighted by molar-refractivity contribution is -0.116. The number of anilines is 1. The molecule has 27 heavy (non-hydrogen) atoms. The molecule has 0 radical (unpaired) electrons. The van der Waals surface area contributed by atoms with Crippen LogP contribution in [0, 0.1) is 0 Å². The van der Waals surface area contributed by atoms with Gasteiger partial charge in [-0.2, -0.15) is 0 Å². The Bertz CT molecular complexity index is 1010. The van der Waals surface area contributed by atoms with Crippen LogP contribution < -0.4 is 11.1 Å². The van der Waals surface area contributed by atoms with Crippen LogP contribution in [-0.4, -0.2) is 11.6 Å². The number of aliphatic imine (C=N–C) groups is 1. The molecule has 1 atom stereocenters. The Labute approximate surface area is 162 Å². The van der Waals surface area contributed by atoms with Crippen LogP contribution in [0.2, 0.25) is 0 Å². The van der Waals surface area contributed by atoms with Crippen molar-refractivity contribution in [3.05, 3.63) is 82.0 Å². The average Bonchev–Trinajstić information content (AvgIpc) is 3.11. The highest BCUT2D eigenvalue weighted by Crippen LogP contribution is 2.49. The number of para-hydroxylation sites is 1. The number of hydrogen-bond acceptors (Lipinski definition) is 5. The molecule has 0 saturated heterocycles. The number of benzene rings is 2. The Morgan fingerprint density at radius 2 is 1.78 bits per heavy atom. The lowest BCUT2D eigenvalue weighted by Gasteiger charge is -2.32. The van der Waals surface area contributed by atoms with Gasteiger partial charge in [-0.05, 0) is 30.5 Å². The zero-order valence-corrected chi connectivity index (χ0v) is 15.6. The molecular formula is C22H19N3OS. The predicted molar refractivity (Wildman–Crippen MR) is 110 cm³/mol. The van der Waals surface area contributed by atoms with Crippen molar-refractivity contribution in [2.24, 2.45) is 10.7 Å². The Kier molecular flexibility index (Phi) is 3.90. The zero-order valence-electron chi connectivity index (χ0n) is 14.7. The van der Waals surface area contributed by atoms with Crippen LogP contribution in [0.3, 0.4) is 0 Å². The smallest absolute Gasteiger partial charge is 0.161 e. The Morgan fingerprint density at radius 3 is 2.59 bits per heavy atom. The van der Waals surface area contributed by atoms with Crippen molar-refractivity contribution >= 4 is 29.1 Å². The van der Waals surface area contributed by atoms with Crippen molar-refractivity contribution in [2.45, 2.75) is 30.1 Å². The molecule has 5 rings (SSSR count). The number of allylic oxidation sites excluding steroid dienone is 2. The summed E-state index contributed by atoms with van der Waals surface area (Å²) in [4.78, 5) is 18.7. The zero-order chi connectivity index (χ0) is 18.4. The van der Waals surface area contributed by atoms with Crippen LogP contribution in [0.1, 0.15) is 30.7 Å². The topological polar surface area (TPSA) is 67.5 Å². The minimum atomic E-state index is -0.171. The minimum Gasteiger partial charge on any atom is -0.383 e. The van der Waals surface area contributed by atoms with E-state index >= 15 is 0 Å². The monoisotopic (exact) mass is 373 g/mol. The van der Waals surface area contributed by atoms with E-state index in [0.29, 0.717) is 12.3 Å². The normalized spacial score (nSPS) is 24.2. The van der Waals surface area contributed by atoms with Gasteiger partial charge in [0, 0.05) is 28.4 Å². The number of nitrogens with one attached hydrogen (secondary N) is 1. The fourth-order valence-electron chi connectivity index (χ4n) is 4.05. The minimum absolute atomic E-state index is 0.171. The van der Waals surface area contributed by atoms with Crippen LogP contribution in [0.25, 0.3) is 0 Å². The number of Topliss-reactive ketones (excluding diaryl/α,β-unsaturated/α-hetero) is 1. The lowest BCUT2D eigenvalue weighted by Crippen LogP contribution is -2.31. The molecule has 0 fully saturated rings. The number of fused-ring (bicyclic) bond motifs is 1. The summed E-state index contributed by atoms with van der Waals surface area (Å²) in [6.45, 7) is 0. The van der Waals surface area contributed by atoms with Crippen molar-refractivity contribution < 1.29 is 4.79 Å². The number of thioether (sulfide) groups is 1. The van der Waals surface area contributed by atoms with Crippen molar-refractivity contribution in [3.63, 3.8) is 0 Å². The van der Waals surface area contributed by atoms with Crippen LogP contribution >= 0.6 is 11.8 Å². The van der Waals surface area contributed by atoms with Gasteiger partial charge in [-0.3, -0.25) is 4.79 Å². The van der Waals surface area contributed by atoms with Gasteiger partial charge >= 0.3 is 0 Å². The summed E-state index contributed by atoms with van der Waals surface area (Å²) in [5.41, 5.74) is 11.2. The first-order valence-corrected chi connectivity index (χ1v) is 9.98. The summed E-state index contributed by atoms with van der Waals surface area (Å²) in [6.07, 6.45) is 2.25. The summed E-state index contributed by atoms with van der Waals surface area (Å²) < 4.78 is 0. The second-order valence-corrected chi connectivity index (χ2v) is 8.00. The van der Waals surface area contributed by atoms with Crippen molar-refractivity contribution in [1.82, 2.24) is 0 Å². The van der Waals surface area contributed by atoms with Gasteiger partial charge in [0.25, 0.3) is 0 Å². The van der Waals surface area contributed by atoms with Gasteiger partial charge in [0.05, 0.1) is 16.4 Å². The highest BCUT2D eigenvalue weighted by molar-refractivity contribution is 8.03. The average molecular weight is 373 g/mol. The van der Waals surface area contributed by atoms with Gasteiger partial charge in [0.2, 0.25) is 0 Å². The van der Waals surface area contributed by atoms with E-state index in [9.17, 15) is 4.79 Å². The Hall–Kier alpha value is -2.79. The fraction of sp³-hybridized carbons (Fsp3) is 0.182. The molecule has 3 N–H and O–H groups in total. The molecule has 134 valence electrons. The maximum absolute atomic E-state index is 12.9. The third kappa shape index (κ3) is 2.70. The highest BCUT2D eigenvalue weighted by atomic mass is 32.2. The Balaban J connectivity index is 1.71. The van der Waals surface area contributed by atoms with Crippen molar-refractivity contribution in [1.29, 1.82) is 0 Å². The third-order valence-electron chi connectivity index (χ3n) is 5.26. The van der Waals surface area contributed by atoms with Crippen LogP contribution in [0.5, 0.6) is 0 Å². The number of carbonyl (C=O) groups excluding carboxylic acids is 1. The van der Waals surface area contributed by atoms with E-state index in [0.717, 1.165) is 50.9 Å². The quantitative estimate of drug-likeness (QED) is 0.768. The summed E-state index contributed by atoms with van der Waals surface area (Å²) in [5.74, 6) is 0.538. The molecule has 0 aromatic heterocycles. The molecule has 2 heterocycles. The van der Waals surface area contributed by atoms with Gasteiger partial charge < -0.3 is 11.1 Å². The first-order valence-electron chi connectivity index (χ1n) is 9.16. The number of nitrogens with zero attached hydrogens (tertiary/aromatic N) is 1. The van der Waals surface area contributed by atoms with E-state index in [1.807, 2.05) is 30.3 Å². The van der Waals surface area contributed by atoms with E-state index in [1.54, 1.807) is 11.8 Å². The molecule has 2 aromatic carbocycles. The molecule has 2 aliphatic heterocycles. The number of rotatable bonds is 1. The fourth-order valence-corrected chi connectivity index (χ4v) is 5.14. The predicted octanol–water partition coefficient (Wildman–Crippen LogP) is 4.58. The van der Waals surface area contributed by atoms with E-state index in [-0.39, 0.29) is 11.7 Å². The second-order valence-electron chi connectivity index (χ2n) is 6.94. The van der Waals surface area contributed by atoms with Crippen molar-refractivity contribution in [3.8, 4) is 0 Å². The Morgan fingerprint density at radius 1 is 1.00 bits per heavy atom. The van der Waals surface area contributed by atoms with Crippen LogP contribution in [0.4, 0.5) is 5.69 Å². The van der Waals surface area contributed by atoms with Crippen molar-refractivity contribution in [2.75, 3.05) is 5.32 Å². The first kappa shape index (κ1) is 16.4. The summed E-state index contributed by atoms with van der Waals surface area (Å²) >= 11 is 1.66. The number of amidine groups is 1. The molecule has 0 bridgehead atoms. The molecule has 4 nitrogen and oxygen atoms in total. The van der Waals surface area contributed by atoms with Gasteiger partial charge in [-0.1, -0.05) is 54.2 Å².